The van der Waals surface area contributed by atoms with Gasteiger partial charge in [0.1, 0.15) is 11.9 Å². The van der Waals surface area contributed by atoms with Crippen molar-refractivity contribution < 1.29 is 14.3 Å². The monoisotopic (exact) mass is 311 g/mol. The van der Waals surface area contributed by atoms with Gasteiger partial charge in [-0.05, 0) is 49.6 Å². The Kier molecular flexibility index (Phi) is 6.06. The number of hydrogen-bond donors (Lipinski definition) is 1. The van der Waals surface area contributed by atoms with Crippen molar-refractivity contribution >= 4 is 17.7 Å². The molecule has 1 heterocycles. The van der Waals surface area contributed by atoms with E-state index >= 15 is 0 Å². The third-order valence-electron chi connectivity index (χ3n) is 4.15. The van der Waals surface area contributed by atoms with Crippen molar-refractivity contribution in [2.75, 3.05) is 18.8 Å². The van der Waals surface area contributed by atoms with Gasteiger partial charge in [0, 0.05) is 17.2 Å². The molecule has 116 valence electrons. The first-order valence-electron chi connectivity index (χ1n) is 7.45. The van der Waals surface area contributed by atoms with Gasteiger partial charge in [0.05, 0.1) is 0 Å². The van der Waals surface area contributed by atoms with Crippen molar-refractivity contribution in [1.29, 1.82) is 0 Å². The number of hydrogen-bond acceptors (Lipinski definition) is 3. The maximum atomic E-state index is 12.8. The molecule has 1 aliphatic heterocycles. The van der Waals surface area contributed by atoms with Crippen molar-refractivity contribution in [2.45, 2.75) is 37.1 Å². The van der Waals surface area contributed by atoms with Crippen molar-refractivity contribution in [3.05, 3.63) is 30.1 Å². The van der Waals surface area contributed by atoms with Gasteiger partial charge in [0.25, 0.3) is 0 Å². The standard InChI is InChI=1S/C16H22FNO2S/c1-2-12-7-8-18(15(11-12)16(19)20)9-10-21-14-5-3-13(17)4-6-14/h3-6,12,15H,2,7-11H2,1H3,(H,19,20). The highest BCUT2D eigenvalue weighted by Crippen LogP contribution is 2.26. The van der Waals surface area contributed by atoms with Gasteiger partial charge < -0.3 is 5.11 Å². The SMILES string of the molecule is CCC1CCN(CCSc2ccc(F)cc2)C(C(=O)O)C1. The second-order valence-electron chi connectivity index (χ2n) is 5.49. The summed E-state index contributed by atoms with van der Waals surface area (Å²) in [4.78, 5) is 14.5. The van der Waals surface area contributed by atoms with Crippen molar-refractivity contribution in [1.82, 2.24) is 4.90 Å². The molecule has 1 aromatic carbocycles. The van der Waals surface area contributed by atoms with E-state index in [9.17, 15) is 14.3 Å². The Hall–Kier alpha value is -1.07. The van der Waals surface area contributed by atoms with Crippen molar-refractivity contribution in [2.24, 2.45) is 5.92 Å². The number of aliphatic carboxylic acids is 1. The first kappa shape index (κ1) is 16.3. The van der Waals surface area contributed by atoms with Crippen LogP contribution in [0.3, 0.4) is 0 Å². The van der Waals surface area contributed by atoms with Crippen LogP contribution in [0, 0.1) is 11.7 Å². The Morgan fingerprint density at radius 1 is 1.43 bits per heavy atom. The van der Waals surface area contributed by atoms with Crippen LogP contribution in [0.25, 0.3) is 0 Å². The molecule has 2 rings (SSSR count). The van der Waals surface area contributed by atoms with E-state index in [1.165, 1.54) is 12.1 Å². The van der Waals surface area contributed by atoms with Crippen LogP contribution >= 0.6 is 11.8 Å². The molecule has 0 bridgehead atoms. The van der Waals surface area contributed by atoms with Gasteiger partial charge in [0.2, 0.25) is 0 Å². The lowest BCUT2D eigenvalue weighted by Crippen LogP contribution is -2.47. The predicted octanol–water partition coefficient (Wildman–Crippen LogP) is 3.49. The van der Waals surface area contributed by atoms with Crippen LogP contribution in [0.2, 0.25) is 0 Å². The molecule has 0 saturated carbocycles. The summed E-state index contributed by atoms with van der Waals surface area (Å²) < 4.78 is 12.8. The first-order valence-corrected chi connectivity index (χ1v) is 8.44. The summed E-state index contributed by atoms with van der Waals surface area (Å²) in [5, 5.41) is 9.38. The van der Waals surface area contributed by atoms with Crippen LogP contribution < -0.4 is 0 Å². The van der Waals surface area contributed by atoms with Gasteiger partial charge in [0.15, 0.2) is 0 Å². The van der Waals surface area contributed by atoms with Crippen LogP contribution in [0.4, 0.5) is 4.39 Å². The number of carboxylic acids is 1. The number of thioether (sulfide) groups is 1. The van der Waals surface area contributed by atoms with Gasteiger partial charge in [-0.1, -0.05) is 13.3 Å². The van der Waals surface area contributed by atoms with Crippen LogP contribution in [0.5, 0.6) is 0 Å². The van der Waals surface area contributed by atoms with Gasteiger partial charge in [-0.15, -0.1) is 11.8 Å². The molecule has 1 aliphatic rings. The number of nitrogens with zero attached hydrogens (tertiary/aromatic N) is 1. The summed E-state index contributed by atoms with van der Waals surface area (Å²) >= 11 is 1.64. The smallest absolute Gasteiger partial charge is 0.320 e. The molecular formula is C16H22FNO2S. The van der Waals surface area contributed by atoms with Crippen molar-refractivity contribution in [3.8, 4) is 0 Å². The Labute approximate surface area is 129 Å². The number of carbonyl (C=O) groups is 1. The number of carboxylic acid groups (broad SMARTS) is 1. The molecule has 2 atom stereocenters. The zero-order valence-electron chi connectivity index (χ0n) is 12.3. The van der Waals surface area contributed by atoms with E-state index in [4.69, 9.17) is 0 Å². The fourth-order valence-corrected chi connectivity index (χ4v) is 3.68. The number of rotatable bonds is 6. The Morgan fingerprint density at radius 2 is 2.14 bits per heavy atom. The van der Waals surface area contributed by atoms with Gasteiger partial charge in [-0.25, -0.2) is 4.39 Å². The predicted molar refractivity (Wildman–Crippen MR) is 83.1 cm³/mol. The second-order valence-corrected chi connectivity index (χ2v) is 6.66. The molecular weight excluding hydrogens is 289 g/mol. The van der Waals surface area contributed by atoms with Crippen LogP contribution in [0.15, 0.2) is 29.2 Å². The summed E-state index contributed by atoms with van der Waals surface area (Å²) in [6.45, 7) is 3.75. The van der Waals surface area contributed by atoms with Gasteiger partial charge >= 0.3 is 5.97 Å². The summed E-state index contributed by atoms with van der Waals surface area (Å²) in [5.41, 5.74) is 0. The van der Waals surface area contributed by atoms with E-state index in [0.717, 1.165) is 43.0 Å². The Bertz CT molecular complexity index is 466. The highest BCUT2D eigenvalue weighted by molar-refractivity contribution is 7.99. The molecule has 0 aromatic heterocycles. The van der Waals surface area contributed by atoms with Crippen molar-refractivity contribution in [3.63, 3.8) is 0 Å². The normalized spacial score (nSPS) is 23.1. The molecule has 0 spiro atoms. The molecule has 1 aromatic rings. The maximum absolute atomic E-state index is 12.8. The van der Waals surface area contributed by atoms with Gasteiger partial charge in [-0.3, -0.25) is 9.69 Å². The first-order chi connectivity index (χ1) is 10.1. The molecule has 21 heavy (non-hydrogen) atoms. The van der Waals surface area contributed by atoms with E-state index in [0.29, 0.717) is 5.92 Å². The Morgan fingerprint density at radius 3 is 2.76 bits per heavy atom. The fraction of sp³-hybridized carbons (Fsp3) is 0.562. The molecule has 1 fully saturated rings. The molecule has 1 saturated heterocycles. The van der Waals surface area contributed by atoms with E-state index in [-0.39, 0.29) is 11.9 Å². The average molecular weight is 311 g/mol. The number of likely N-dealkylation sites (tertiary alicyclic amines) is 1. The molecule has 1 N–H and O–H groups in total. The molecule has 0 amide bonds. The molecule has 0 aliphatic carbocycles. The molecule has 5 heteroatoms. The third kappa shape index (κ3) is 4.71. The highest BCUT2D eigenvalue weighted by atomic mass is 32.2. The number of halogens is 1. The number of piperidine rings is 1. The fourth-order valence-electron chi connectivity index (χ4n) is 2.79. The van der Waals surface area contributed by atoms with Crippen LogP contribution in [-0.4, -0.2) is 40.9 Å². The van der Waals surface area contributed by atoms with E-state index in [1.54, 1.807) is 23.9 Å². The topological polar surface area (TPSA) is 40.5 Å². The summed E-state index contributed by atoms with van der Waals surface area (Å²) in [7, 11) is 0. The van der Waals surface area contributed by atoms with Crippen LogP contribution in [0.1, 0.15) is 26.2 Å². The minimum atomic E-state index is -0.708. The van der Waals surface area contributed by atoms with Gasteiger partial charge in [-0.2, -0.15) is 0 Å². The zero-order chi connectivity index (χ0) is 15.2. The average Bonchev–Trinajstić information content (AvgIpc) is 2.49. The summed E-state index contributed by atoms with van der Waals surface area (Å²) in [5.74, 6) is 0.422. The third-order valence-corrected chi connectivity index (χ3v) is 5.14. The van der Waals surface area contributed by atoms with E-state index in [1.807, 2.05) is 0 Å². The van der Waals surface area contributed by atoms with E-state index in [2.05, 4.69) is 11.8 Å². The van der Waals surface area contributed by atoms with E-state index < -0.39 is 5.97 Å². The maximum Gasteiger partial charge on any atom is 0.320 e. The largest absolute Gasteiger partial charge is 0.480 e. The second kappa shape index (κ2) is 7.80. The lowest BCUT2D eigenvalue weighted by Gasteiger charge is -2.36. The summed E-state index contributed by atoms with van der Waals surface area (Å²) in [6, 6.07) is 6.08. The lowest BCUT2D eigenvalue weighted by molar-refractivity contribution is -0.145. The van der Waals surface area contributed by atoms with Crippen LogP contribution in [-0.2, 0) is 4.79 Å². The zero-order valence-corrected chi connectivity index (χ0v) is 13.1. The molecule has 0 radical (unpaired) electrons. The molecule has 2 unspecified atom stereocenters. The minimum absolute atomic E-state index is 0.230. The summed E-state index contributed by atoms with van der Waals surface area (Å²) in [6.07, 6.45) is 2.90. The highest BCUT2D eigenvalue weighted by Gasteiger charge is 2.32. The number of benzene rings is 1. The lowest BCUT2D eigenvalue weighted by atomic mass is 9.89. The molecule has 3 nitrogen and oxygen atoms in total. The minimum Gasteiger partial charge on any atom is -0.480 e. The Balaban J connectivity index is 1.83. The quantitative estimate of drug-likeness (QED) is 0.817.